The second kappa shape index (κ2) is 6.75. The van der Waals surface area contributed by atoms with Crippen LogP contribution in [0.4, 0.5) is 5.69 Å². The summed E-state index contributed by atoms with van der Waals surface area (Å²) in [7, 11) is 1.62. The van der Waals surface area contributed by atoms with Crippen molar-refractivity contribution in [2.45, 2.75) is 12.1 Å². The van der Waals surface area contributed by atoms with E-state index in [0.29, 0.717) is 5.02 Å². The normalized spacial score (nSPS) is 17.7. The van der Waals surface area contributed by atoms with Crippen molar-refractivity contribution in [3.63, 3.8) is 0 Å². The molecule has 0 aliphatic carbocycles. The van der Waals surface area contributed by atoms with E-state index in [1.165, 1.54) is 6.08 Å². The Morgan fingerprint density at radius 2 is 1.91 bits per heavy atom. The van der Waals surface area contributed by atoms with Crippen molar-refractivity contribution < 1.29 is 14.3 Å². The number of rotatable bonds is 5. The summed E-state index contributed by atoms with van der Waals surface area (Å²) in [5, 5.41) is 4.06. The summed E-state index contributed by atoms with van der Waals surface area (Å²) in [5.74, 6) is 0.385. The molecule has 0 saturated carbocycles. The average Bonchev–Trinajstić information content (AvgIpc) is 3.00. The molecule has 5 heteroatoms. The van der Waals surface area contributed by atoms with Gasteiger partial charge in [0, 0.05) is 11.1 Å². The van der Waals surface area contributed by atoms with Crippen molar-refractivity contribution in [2.75, 3.05) is 12.4 Å². The Kier molecular flexibility index (Phi) is 4.53. The molecule has 0 bridgehead atoms. The standard InChI is InChI=1S/C18H16ClNO3/c1-22-15-5-3-2-4-14(15)20-18(16-10-11-17(21)23-16)12-6-8-13(19)9-7-12/h2-11,16,18,20H,1H3/t16-,18+/m1/s1. The Balaban J connectivity index is 1.93. The fourth-order valence-corrected chi connectivity index (χ4v) is 2.65. The fraction of sp³-hybridized carbons (Fsp3) is 0.167. The van der Waals surface area contributed by atoms with Crippen LogP contribution in [0.3, 0.4) is 0 Å². The highest BCUT2D eigenvalue weighted by Crippen LogP contribution is 2.32. The van der Waals surface area contributed by atoms with Crippen LogP contribution in [0.2, 0.25) is 5.02 Å². The van der Waals surface area contributed by atoms with Gasteiger partial charge in [-0.25, -0.2) is 4.79 Å². The van der Waals surface area contributed by atoms with E-state index in [-0.39, 0.29) is 12.0 Å². The topological polar surface area (TPSA) is 47.6 Å². The Labute approximate surface area is 139 Å². The number of anilines is 1. The molecule has 1 aliphatic rings. The minimum absolute atomic E-state index is 0.244. The number of ether oxygens (including phenoxy) is 2. The fourth-order valence-electron chi connectivity index (χ4n) is 2.52. The van der Waals surface area contributed by atoms with E-state index in [4.69, 9.17) is 21.1 Å². The van der Waals surface area contributed by atoms with Crippen molar-refractivity contribution in [3.05, 3.63) is 71.3 Å². The molecule has 0 unspecified atom stereocenters. The molecule has 0 saturated heterocycles. The number of nitrogens with one attached hydrogen (secondary N) is 1. The van der Waals surface area contributed by atoms with E-state index in [1.54, 1.807) is 13.2 Å². The summed E-state index contributed by atoms with van der Waals surface area (Å²) in [6, 6.07) is 14.8. The first-order chi connectivity index (χ1) is 11.2. The summed E-state index contributed by atoms with van der Waals surface area (Å²) < 4.78 is 10.7. The summed E-state index contributed by atoms with van der Waals surface area (Å²) in [6.45, 7) is 0. The van der Waals surface area contributed by atoms with E-state index in [0.717, 1.165) is 17.0 Å². The number of cyclic esters (lactones) is 1. The molecule has 2 aromatic rings. The minimum Gasteiger partial charge on any atom is -0.495 e. The Hall–Kier alpha value is -2.46. The Morgan fingerprint density at radius 3 is 2.57 bits per heavy atom. The predicted molar refractivity (Wildman–Crippen MR) is 89.8 cm³/mol. The first-order valence-corrected chi connectivity index (χ1v) is 7.59. The zero-order valence-electron chi connectivity index (χ0n) is 12.5. The van der Waals surface area contributed by atoms with Crippen LogP contribution >= 0.6 is 11.6 Å². The van der Waals surface area contributed by atoms with E-state index in [9.17, 15) is 4.79 Å². The number of carbonyl (C=O) groups is 1. The van der Waals surface area contributed by atoms with Crippen molar-refractivity contribution >= 4 is 23.3 Å². The molecule has 0 spiro atoms. The molecular weight excluding hydrogens is 314 g/mol. The van der Waals surface area contributed by atoms with Gasteiger partial charge in [-0.05, 0) is 35.9 Å². The molecule has 0 fully saturated rings. The second-order valence-corrected chi connectivity index (χ2v) is 5.57. The van der Waals surface area contributed by atoms with Gasteiger partial charge in [0.15, 0.2) is 0 Å². The molecule has 1 aliphatic heterocycles. The van der Waals surface area contributed by atoms with Crippen LogP contribution < -0.4 is 10.1 Å². The first-order valence-electron chi connectivity index (χ1n) is 7.21. The lowest BCUT2D eigenvalue weighted by atomic mass is 10.0. The Bertz CT molecular complexity index is 727. The molecule has 0 aromatic heterocycles. The van der Waals surface area contributed by atoms with Gasteiger partial charge in [-0.2, -0.15) is 0 Å². The summed E-state index contributed by atoms with van der Waals surface area (Å²) in [6.07, 6.45) is 2.80. The third-order valence-electron chi connectivity index (χ3n) is 3.65. The van der Waals surface area contributed by atoms with Gasteiger partial charge in [0.25, 0.3) is 0 Å². The van der Waals surface area contributed by atoms with E-state index in [1.807, 2.05) is 48.5 Å². The molecule has 1 N–H and O–H groups in total. The minimum atomic E-state index is -0.395. The van der Waals surface area contributed by atoms with Gasteiger partial charge in [0.2, 0.25) is 0 Å². The third-order valence-corrected chi connectivity index (χ3v) is 3.90. The second-order valence-electron chi connectivity index (χ2n) is 5.13. The number of methoxy groups -OCH3 is 1. The number of benzene rings is 2. The van der Waals surface area contributed by atoms with Gasteiger partial charge >= 0.3 is 5.97 Å². The lowest BCUT2D eigenvalue weighted by Gasteiger charge is -2.25. The highest BCUT2D eigenvalue weighted by Gasteiger charge is 2.28. The van der Waals surface area contributed by atoms with Crippen LogP contribution in [0.1, 0.15) is 11.6 Å². The van der Waals surface area contributed by atoms with Crippen LogP contribution in [0.25, 0.3) is 0 Å². The van der Waals surface area contributed by atoms with Crippen LogP contribution in [-0.4, -0.2) is 19.2 Å². The van der Waals surface area contributed by atoms with Gasteiger partial charge in [-0.3, -0.25) is 0 Å². The number of hydrogen-bond donors (Lipinski definition) is 1. The van der Waals surface area contributed by atoms with Crippen molar-refractivity contribution in [2.24, 2.45) is 0 Å². The number of hydrogen-bond acceptors (Lipinski definition) is 4. The average molecular weight is 330 g/mol. The molecule has 0 amide bonds. The van der Waals surface area contributed by atoms with Gasteiger partial charge in [0.1, 0.15) is 11.9 Å². The van der Waals surface area contributed by atoms with Crippen LogP contribution in [0, 0.1) is 0 Å². The van der Waals surface area contributed by atoms with Gasteiger partial charge < -0.3 is 14.8 Å². The number of carbonyl (C=O) groups excluding carboxylic acids is 1. The molecule has 2 aromatic carbocycles. The zero-order valence-corrected chi connectivity index (χ0v) is 13.3. The number of esters is 1. The number of halogens is 1. The summed E-state index contributed by atoms with van der Waals surface area (Å²) >= 11 is 5.97. The molecule has 2 atom stereocenters. The van der Waals surface area contributed by atoms with Crippen LogP contribution in [0.5, 0.6) is 5.75 Å². The van der Waals surface area contributed by atoms with Crippen LogP contribution in [0.15, 0.2) is 60.7 Å². The molecule has 4 nitrogen and oxygen atoms in total. The lowest BCUT2D eigenvalue weighted by Crippen LogP contribution is -2.25. The highest BCUT2D eigenvalue weighted by atomic mass is 35.5. The molecule has 3 rings (SSSR count). The quantitative estimate of drug-likeness (QED) is 0.843. The van der Waals surface area contributed by atoms with Crippen LogP contribution in [-0.2, 0) is 9.53 Å². The van der Waals surface area contributed by atoms with Crippen molar-refractivity contribution in [3.8, 4) is 5.75 Å². The van der Waals surface area contributed by atoms with E-state index >= 15 is 0 Å². The van der Waals surface area contributed by atoms with Gasteiger partial charge in [0.05, 0.1) is 18.8 Å². The summed E-state index contributed by atoms with van der Waals surface area (Å²) in [5.41, 5.74) is 1.79. The predicted octanol–water partition coefficient (Wildman–Crippen LogP) is 3.98. The lowest BCUT2D eigenvalue weighted by molar-refractivity contribution is -0.139. The van der Waals surface area contributed by atoms with Crippen molar-refractivity contribution in [1.29, 1.82) is 0 Å². The maximum atomic E-state index is 11.4. The zero-order chi connectivity index (χ0) is 16.2. The smallest absolute Gasteiger partial charge is 0.331 e. The molecule has 23 heavy (non-hydrogen) atoms. The van der Waals surface area contributed by atoms with E-state index < -0.39 is 6.10 Å². The SMILES string of the molecule is COc1ccccc1N[C@@H](c1ccc(Cl)cc1)[C@H]1C=CC(=O)O1. The first kappa shape index (κ1) is 15.4. The third kappa shape index (κ3) is 3.48. The summed E-state index contributed by atoms with van der Waals surface area (Å²) in [4.78, 5) is 11.4. The van der Waals surface area contributed by atoms with E-state index in [2.05, 4.69) is 5.32 Å². The maximum Gasteiger partial charge on any atom is 0.331 e. The van der Waals surface area contributed by atoms with Crippen molar-refractivity contribution in [1.82, 2.24) is 0 Å². The molecule has 1 heterocycles. The highest BCUT2D eigenvalue weighted by molar-refractivity contribution is 6.30. The molecule has 118 valence electrons. The van der Waals surface area contributed by atoms with Gasteiger partial charge in [-0.1, -0.05) is 35.9 Å². The largest absolute Gasteiger partial charge is 0.495 e. The molecule has 0 radical (unpaired) electrons. The maximum absolute atomic E-state index is 11.4. The monoisotopic (exact) mass is 329 g/mol. The van der Waals surface area contributed by atoms with Gasteiger partial charge in [-0.15, -0.1) is 0 Å². The number of para-hydroxylation sites is 2. The molecular formula is C18H16ClNO3. The Morgan fingerprint density at radius 1 is 1.17 bits per heavy atom.